The first kappa shape index (κ1) is 14.3. The Labute approximate surface area is 141 Å². The number of hydrogen-bond donors (Lipinski definition) is 0. The van der Waals surface area contributed by atoms with Gasteiger partial charge in [0.05, 0.1) is 6.42 Å². The number of fused-ring (bicyclic) bond motifs is 1. The molecule has 1 aromatic heterocycles. The molecule has 0 saturated heterocycles. The van der Waals surface area contributed by atoms with Gasteiger partial charge in [-0.05, 0) is 42.0 Å². The molecule has 0 saturated carbocycles. The Morgan fingerprint density at radius 2 is 1.70 bits per heavy atom. The fourth-order valence-corrected chi connectivity index (χ4v) is 2.67. The van der Waals surface area contributed by atoms with Crippen LogP contribution in [0.15, 0.2) is 51.4 Å². The Kier molecular flexibility index (Phi) is 3.75. The van der Waals surface area contributed by atoms with Crippen molar-refractivity contribution in [1.82, 2.24) is 10.2 Å². The highest BCUT2D eigenvalue weighted by Crippen LogP contribution is 2.31. The van der Waals surface area contributed by atoms with Crippen molar-refractivity contribution in [2.75, 3.05) is 13.2 Å². The van der Waals surface area contributed by atoms with Crippen LogP contribution >= 0.6 is 15.9 Å². The van der Waals surface area contributed by atoms with Gasteiger partial charge in [-0.15, -0.1) is 10.2 Å². The van der Waals surface area contributed by atoms with Crippen molar-refractivity contribution in [3.05, 3.63) is 58.4 Å². The van der Waals surface area contributed by atoms with Crippen LogP contribution in [0.5, 0.6) is 11.5 Å². The van der Waals surface area contributed by atoms with E-state index in [0.29, 0.717) is 31.4 Å². The second-order valence-electron chi connectivity index (χ2n) is 5.16. The molecule has 0 bridgehead atoms. The summed E-state index contributed by atoms with van der Waals surface area (Å²) in [6.07, 6.45) is 0.556. The zero-order valence-corrected chi connectivity index (χ0v) is 13.7. The third-order valence-electron chi connectivity index (χ3n) is 3.52. The van der Waals surface area contributed by atoms with Crippen LogP contribution in [0.3, 0.4) is 0 Å². The van der Waals surface area contributed by atoms with Gasteiger partial charge in [0.1, 0.15) is 13.2 Å². The fraction of sp³-hybridized carbons (Fsp3) is 0.176. The molecule has 1 aliphatic rings. The predicted octanol–water partition coefficient (Wildman–Crippen LogP) is 3.86. The lowest BCUT2D eigenvalue weighted by Gasteiger charge is -2.18. The summed E-state index contributed by atoms with van der Waals surface area (Å²) in [7, 11) is 0. The van der Waals surface area contributed by atoms with Crippen LogP contribution in [0, 0.1) is 0 Å². The van der Waals surface area contributed by atoms with Crippen LogP contribution in [0.4, 0.5) is 0 Å². The number of halogens is 1. The van der Waals surface area contributed by atoms with Gasteiger partial charge in [0, 0.05) is 10.0 Å². The fourth-order valence-electron chi connectivity index (χ4n) is 2.41. The quantitative estimate of drug-likeness (QED) is 0.698. The summed E-state index contributed by atoms with van der Waals surface area (Å²) in [6.45, 7) is 1.16. The van der Waals surface area contributed by atoms with Gasteiger partial charge in [0.2, 0.25) is 11.8 Å². The molecule has 0 atom stereocenters. The molecule has 2 heterocycles. The average Bonchev–Trinajstić information content (AvgIpc) is 3.04. The SMILES string of the molecule is Brc1ccc(-c2nnc(Cc3ccc4c(c3)OCCO4)o2)cc1. The minimum Gasteiger partial charge on any atom is -0.486 e. The third kappa shape index (κ3) is 3.07. The summed E-state index contributed by atoms with van der Waals surface area (Å²) in [5.74, 6) is 2.63. The normalized spacial score (nSPS) is 13.1. The molecule has 1 aliphatic heterocycles. The Morgan fingerprint density at radius 3 is 2.52 bits per heavy atom. The van der Waals surface area contributed by atoms with E-state index in [4.69, 9.17) is 13.9 Å². The lowest BCUT2D eigenvalue weighted by Crippen LogP contribution is -2.15. The van der Waals surface area contributed by atoms with E-state index in [2.05, 4.69) is 26.1 Å². The Morgan fingerprint density at radius 1 is 0.913 bits per heavy atom. The maximum absolute atomic E-state index is 5.75. The Balaban J connectivity index is 1.54. The van der Waals surface area contributed by atoms with Gasteiger partial charge >= 0.3 is 0 Å². The first-order valence-electron chi connectivity index (χ1n) is 7.25. The van der Waals surface area contributed by atoms with E-state index in [9.17, 15) is 0 Å². The molecular formula is C17H13BrN2O3. The number of rotatable bonds is 3. The Hall–Kier alpha value is -2.34. The lowest BCUT2D eigenvalue weighted by molar-refractivity contribution is 0.171. The van der Waals surface area contributed by atoms with Gasteiger partial charge < -0.3 is 13.9 Å². The van der Waals surface area contributed by atoms with Crippen LogP contribution in [0.2, 0.25) is 0 Å². The Bertz CT molecular complexity index is 830. The number of ether oxygens (including phenoxy) is 2. The molecule has 0 radical (unpaired) electrons. The number of benzene rings is 2. The van der Waals surface area contributed by atoms with E-state index in [1.165, 1.54) is 0 Å². The molecular weight excluding hydrogens is 360 g/mol. The van der Waals surface area contributed by atoms with Crippen LogP contribution < -0.4 is 9.47 Å². The maximum atomic E-state index is 5.75. The van der Waals surface area contributed by atoms with Crippen LogP contribution in [0.1, 0.15) is 11.5 Å². The molecule has 5 nitrogen and oxygen atoms in total. The van der Waals surface area contributed by atoms with Gasteiger partial charge in [0.25, 0.3) is 0 Å². The average molecular weight is 373 g/mol. The number of hydrogen-bond acceptors (Lipinski definition) is 5. The highest BCUT2D eigenvalue weighted by Gasteiger charge is 2.14. The van der Waals surface area contributed by atoms with E-state index in [-0.39, 0.29) is 0 Å². The van der Waals surface area contributed by atoms with Crippen molar-refractivity contribution in [2.24, 2.45) is 0 Å². The zero-order chi connectivity index (χ0) is 15.6. The van der Waals surface area contributed by atoms with Crippen molar-refractivity contribution in [2.45, 2.75) is 6.42 Å². The van der Waals surface area contributed by atoms with Crippen molar-refractivity contribution < 1.29 is 13.9 Å². The van der Waals surface area contributed by atoms with Crippen LogP contribution in [-0.4, -0.2) is 23.4 Å². The summed E-state index contributed by atoms with van der Waals surface area (Å²) in [6, 6.07) is 13.6. The summed E-state index contributed by atoms with van der Waals surface area (Å²) in [4.78, 5) is 0. The second kappa shape index (κ2) is 6.04. The summed E-state index contributed by atoms with van der Waals surface area (Å²) < 4.78 is 17.9. The third-order valence-corrected chi connectivity index (χ3v) is 4.05. The number of aromatic nitrogens is 2. The monoisotopic (exact) mass is 372 g/mol. The summed E-state index contributed by atoms with van der Waals surface area (Å²) in [5, 5.41) is 8.23. The molecule has 0 N–H and O–H groups in total. The van der Waals surface area contributed by atoms with Gasteiger partial charge in [-0.1, -0.05) is 22.0 Å². The van der Waals surface area contributed by atoms with Crippen LogP contribution in [0.25, 0.3) is 11.5 Å². The molecule has 6 heteroatoms. The van der Waals surface area contributed by atoms with Crippen LogP contribution in [-0.2, 0) is 6.42 Å². The molecule has 0 fully saturated rings. The topological polar surface area (TPSA) is 57.4 Å². The second-order valence-corrected chi connectivity index (χ2v) is 6.08. The minimum atomic E-state index is 0.519. The van der Waals surface area contributed by atoms with E-state index < -0.39 is 0 Å². The van der Waals surface area contributed by atoms with E-state index in [1.807, 2.05) is 42.5 Å². The smallest absolute Gasteiger partial charge is 0.247 e. The van der Waals surface area contributed by atoms with E-state index in [0.717, 1.165) is 27.1 Å². The van der Waals surface area contributed by atoms with E-state index >= 15 is 0 Å². The van der Waals surface area contributed by atoms with E-state index in [1.54, 1.807) is 0 Å². The number of nitrogens with zero attached hydrogens (tertiary/aromatic N) is 2. The highest BCUT2D eigenvalue weighted by atomic mass is 79.9. The lowest BCUT2D eigenvalue weighted by atomic mass is 10.1. The van der Waals surface area contributed by atoms with Gasteiger partial charge in [-0.25, -0.2) is 0 Å². The maximum Gasteiger partial charge on any atom is 0.247 e. The van der Waals surface area contributed by atoms with Crippen molar-refractivity contribution in [3.8, 4) is 23.0 Å². The molecule has 2 aromatic carbocycles. The standard InChI is InChI=1S/C17H13BrN2O3/c18-13-4-2-12(3-5-13)17-20-19-16(23-17)10-11-1-6-14-15(9-11)22-8-7-21-14/h1-6,9H,7-8,10H2. The molecule has 23 heavy (non-hydrogen) atoms. The van der Waals surface area contributed by atoms with Crippen molar-refractivity contribution >= 4 is 15.9 Å². The first-order valence-corrected chi connectivity index (χ1v) is 8.04. The van der Waals surface area contributed by atoms with Gasteiger partial charge in [-0.2, -0.15) is 0 Å². The zero-order valence-electron chi connectivity index (χ0n) is 12.2. The molecule has 4 rings (SSSR count). The summed E-state index contributed by atoms with van der Waals surface area (Å²) in [5.41, 5.74) is 1.94. The molecule has 116 valence electrons. The van der Waals surface area contributed by atoms with Gasteiger partial charge in [-0.3, -0.25) is 0 Å². The molecule has 0 aliphatic carbocycles. The largest absolute Gasteiger partial charge is 0.486 e. The molecule has 0 unspecified atom stereocenters. The first-order chi connectivity index (χ1) is 11.3. The molecule has 0 spiro atoms. The van der Waals surface area contributed by atoms with Crippen molar-refractivity contribution in [1.29, 1.82) is 0 Å². The minimum absolute atomic E-state index is 0.519. The molecule has 3 aromatic rings. The molecule has 0 amide bonds. The predicted molar refractivity (Wildman–Crippen MR) is 87.7 cm³/mol. The highest BCUT2D eigenvalue weighted by molar-refractivity contribution is 9.10. The van der Waals surface area contributed by atoms with Gasteiger partial charge in [0.15, 0.2) is 11.5 Å². The summed E-state index contributed by atoms with van der Waals surface area (Å²) >= 11 is 3.41. The van der Waals surface area contributed by atoms with Crippen molar-refractivity contribution in [3.63, 3.8) is 0 Å².